The largest absolute Gasteiger partial charge is 0.370 e. The van der Waals surface area contributed by atoms with Gasteiger partial charge in [-0.1, -0.05) is 12.1 Å². The number of carbonyl (C=O) groups is 1. The molecule has 1 amide bonds. The van der Waals surface area contributed by atoms with E-state index >= 15 is 0 Å². The van der Waals surface area contributed by atoms with Crippen molar-refractivity contribution in [3.63, 3.8) is 0 Å². The fourth-order valence-electron chi connectivity index (χ4n) is 2.81. The number of hydrogen-bond donors (Lipinski definition) is 1. The highest BCUT2D eigenvalue weighted by atomic mass is 16.1. The molecule has 26 heavy (non-hydrogen) atoms. The van der Waals surface area contributed by atoms with E-state index in [1.54, 1.807) is 23.1 Å². The highest BCUT2D eigenvalue weighted by molar-refractivity contribution is 5.94. The molecule has 6 heteroatoms. The van der Waals surface area contributed by atoms with Gasteiger partial charge in [-0.25, -0.2) is 9.67 Å². The number of aromatic nitrogens is 3. The molecule has 134 valence electrons. The highest BCUT2D eigenvalue weighted by Gasteiger charge is 2.08. The number of likely N-dealkylation sites (N-methyl/N-ethyl adjacent to an activating group) is 1. The predicted octanol–water partition coefficient (Wildman–Crippen LogP) is 2.83. The average molecular weight is 349 g/mol. The molecule has 3 aromatic rings. The smallest absolute Gasteiger partial charge is 0.251 e. The lowest BCUT2D eigenvalue weighted by atomic mass is 10.2. The molecule has 0 saturated heterocycles. The number of hydrogen-bond acceptors (Lipinski definition) is 4. The van der Waals surface area contributed by atoms with E-state index in [0.29, 0.717) is 12.1 Å². The minimum Gasteiger partial charge on any atom is -0.370 e. The lowest BCUT2D eigenvalue weighted by molar-refractivity contribution is 0.0954. The summed E-state index contributed by atoms with van der Waals surface area (Å²) in [4.78, 5) is 18.5. The van der Waals surface area contributed by atoms with Crippen LogP contribution in [0.3, 0.4) is 0 Å². The summed E-state index contributed by atoms with van der Waals surface area (Å²) in [6.45, 7) is 6.45. The second kappa shape index (κ2) is 8.29. The summed E-state index contributed by atoms with van der Waals surface area (Å²) in [6, 6.07) is 15.7. The van der Waals surface area contributed by atoms with Gasteiger partial charge < -0.3 is 10.2 Å². The van der Waals surface area contributed by atoms with E-state index < -0.39 is 0 Å². The number of amides is 1. The van der Waals surface area contributed by atoms with Crippen LogP contribution in [-0.2, 0) is 0 Å². The van der Waals surface area contributed by atoms with Gasteiger partial charge in [-0.15, -0.1) is 0 Å². The van der Waals surface area contributed by atoms with E-state index in [4.69, 9.17) is 0 Å². The summed E-state index contributed by atoms with van der Waals surface area (Å²) in [5, 5.41) is 7.06. The molecular weight excluding hydrogens is 326 g/mol. The van der Waals surface area contributed by atoms with Gasteiger partial charge >= 0.3 is 0 Å². The standard InChI is InChI=1S/C20H23N5O/c1-3-24(19-6-4-5-16(2)13-19)12-11-22-20(26)17-7-9-18(10-8-17)25-15-21-14-23-25/h4-10,13-15H,3,11-12H2,1-2H3,(H,22,26). The fraction of sp³-hybridized carbons (Fsp3) is 0.250. The van der Waals surface area contributed by atoms with Crippen molar-refractivity contribution >= 4 is 11.6 Å². The zero-order valence-corrected chi connectivity index (χ0v) is 15.1. The maximum Gasteiger partial charge on any atom is 0.251 e. The van der Waals surface area contributed by atoms with Crippen molar-refractivity contribution in [2.75, 3.05) is 24.5 Å². The van der Waals surface area contributed by atoms with Crippen molar-refractivity contribution in [3.8, 4) is 5.69 Å². The van der Waals surface area contributed by atoms with Crippen LogP contribution in [0.4, 0.5) is 5.69 Å². The van der Waals surface area contributed by atoms with Crippen LogP contribution in [0.2, 0.25) is 0 Å². The van der Waals surface area contributed by atoms with Gasteiger partial charge in [0.1, 0.15) is 12.7 Å². The Bertz CT molecular complexity index is 843. The number of rotatable bonds is 7. The van der Waals surface area contributed by atoms with Gasteiger partial charge in [0.2, 0.25) is 0 Å². The molecular formula is C20H23N5O. The Hall–Kier alpha value is -3.15. The molecule has 0 bridgehead atoms. The molecule has 0 radical (unpaired) electrons. The normalized spacial score (nSPS) is 10.5. The van der Waals surface area contributed by atoms with Crippen molar-refractivity contribution < 1.29 is 4.79 Å². The van der Waals surface area contributed by atoms with Crippen molar-refractivity contribution in [2.24, 2.45) is 0 Å². The molecule has 1 aromatic heterocycles. The fourth-order valence-corrected chi connectivity index (χ4v) is 2.81. The van der Waals surface area contributed by atoms with E-state index in [-0.39, 0.29) is 5.91 Å². The zero-order chi connectivity index (χ0) is 18.4. The Morgan fingerprint density at radius 2 is 2.00 bits per heavy atom. The molecule has 0 saturated carbocycles. The first-order valence-corrected chi connectivity index (χ1v) is 8.72. The molecule has 6 nitrogen and oxygen atoms in total. The summed E-state index contributed by atoms with van der Waals surface area (Å²) < 4.78 is 1.66. The quantitative estimate of drug-likeness (QED) is 0.712. The van der Waals surface area contributed by atoms with Crippen LogP contribution in [0.15, 0.2) is 61.2 Å². The van der Waals surface area contributed by atoms with E-state index in [1.807, 2.05) is 12.1 Å². The lowest BCUT2D eigenvalue weighted by Crippen LogP contribution is -2.35. The second-order valence-electron chi connectivity index (χ2n) is 6.06. The topological polar surface area (TPSA) is 63.1 Å². The Morgan fingerprint density at radius 3 is 2.65 bits per heavy atom. The van der Waals surface area contributed by atoms with Crippen LogP contribution < -0.4 is 10.2 Å². The summed E-state index contributed by atoms with van der Waals surface area (Å²) >= 11 is 0. The molecule has 1 N–H and O–H groups in total. The number of anilines is 1. The van der Waals surface area contributed by atoms with Crippen LogP contribution in [-0.4, -0.2) is 40.3 Å². The van der Waals surface area contributed by atoms with Gasteiger partial charge in [0.15, 0.2) is 0 Å². The SMILES string of the molecule is CCN(CCNC(=O)c1ccc(-n2cncn2)cc1)c1cccc(C)c1. The van der Waals surface area contributed by atoms with Crippen LogP contribution in [0.5, 0.6) is 0 Å². The summed E-state index contributed by atoms with van der Waals surface area (Å²) in [6.07, 6.45) is 3.11. The van der Waals surface area contributed by atoms with Crippen molar-refractivity contribution in [1.29, 1.82) is 0 Å². The van der Waals surface area contributed by atoms with Crippen molar-refractivity contribution in [1.82, 2.24) is 20.1 Å². The first-order valence-electron chi connectivity index (χ1n) is 8.72. The average Bonchev–Trinajstić information content (AvgIpc) is 3.20. The molecule has 0 aliphatic rings. The third-order valence-electron chi connectivity index (χ3n) is 4.23. The molecule has 0 aliphatic carbocycles. The van der Waals surface area contributed by atoms with E-state index in [0.717, 1.165) is 18.8 Å². The molecule has 0 atom stereocenters. The van der Waals surface area contributed by atoms with Gasteiger partial charge in [-0.3, -0.25) is 4.79 Å². The Labute approximate surface area is 153 Å². The molecule has 0 fully saturated rings. The first kappa shape index (κ1) is 17.7. The van der Waals surface area contributed by atoms with Crippen LogP contribution in [0.25, 0.3) is 5.69 Å². The number of carbonyl (C=O) groups excluding carboxylic acids is 1. The zero-order valence-electron chi connectivity index (χ0n) is 15.1. The molecule has 0 aliphatic heterocycles. The van der Waals surface area contributed by atoms with E-state index in [9.17, 15) is 4.79 Å². The Morgan fingerprint density at radius 1 is 1.19 bits per heavy atom. The first-order chi connectivity index (χ1) is 12.7. The summed E-state index contributed by atoms with van der Waals surface area (Å²) in [5.74, 6) is -0.0737. The maximum absolute atomic E-state index is 12.3. The Kier molecular flexibility index (Phi) is 5.63. The number of benzene rings is 2. The van der Waals surface area contributed by atoms with Gasteiger partial charge in [-0.05, 0) is 55.8 Å². The minimum absolute atomic E-state index is 0.0737. The third-order valence-corrected chi connectivity index (χ3v) is 4.23. The second-order valence-corrected chi connectivity index (χ2v) is 6.06. The molecule has 2 aromatic carbocycles. The van der Waals surface area contributed by atoms with Crippen molar-refractivity contribution in [2.45, 2.75) is 13.8 Å². The van der Waals surface area contributed by atoms with Crippen molar-refractivity contribution in [3.05, 3.63) is 72.3 Å². The van der Waals surface area contributed by atoms with Gasteiger partial charge in [-0.2, -0.15) is 5.10 Å². The van der Waals surface area contributed by atoms with Crippen LogP contribution in [0.1, 0.15) is 22.8 Å². The van der Waals surface area contributed by atoms with Crippen LogP contribution >= 0.6 is 0 Å². The van der Waals surface area contributed by atoms with Gasteiger partial charge in [0.05, 0.1) is 5.69 Å². The third kappa shape index (κ3) is 4.27. The summed E-state index contributed by atoms with van der Waals surface area (Å²) in [7, 11) is 0. The highest BCUT2D eigenvalue weighted by Crippen LogP contribution is 2.15. The lowest BCUT2D eigenvalue weighted by Gasteiger charge is -2.23. The predicted molar refractivity (Wildman–Crippen MR) is 103 cm³/mol. The summed E-state index contributed by atoms with van der Waals surface area (Å²) in [5.41, 5.74) is 3.92. The number of aryl methyl sites for hydroxylation is 1. The number of nitrogens with one attached hydrogen (secondary N) is 1. The maximum atomic E-state index is 12.3. The Balaban J connectivity index is 1.55. The van der Waals surface area contributed by atoms with E-state index in [2.05, 4.69) is 58.4 Å². The molecule has 3 rings (SSSR count). The van der Waals surface area contributed by atoms with Gasteiger partial charge in [0.25, 0.3) is 5.91 Å². The number of nitrogens with zero attached hydrogens (tertiary/aromatic N) is 4. The van der Waals surface area contributed by atoms with Crippen LogP contribution in [0, 0.1) is 6.92 Å². The molecule has 0 spiro atoms. The minimum atomic E-state index is -0.0737. The molecule has 1 heterocycles. The van der Waals surface area contributed by atoms with E-state index in [1.165, 1.54) is 17.6 Å². The molecule has 0 unspecified atom stereocenters. The monoisotopic (exact) mass is 349 g/mol. The van der Waals surface area contributed by atoms with Gasteiger partial charge in [0, 0.05) is 30.9 Å².